The Labute approximate surface area is 117 Å². The number of rotatable bonds is 3. The number of nitrogens with one attached hydrogen (secondary N) is 1. The van der Waals surface area contributed by atoms with Crippen LogP contribution in [-0.4, -0.2) is 19.9 Å². The van der Waals surface area contributed by atoms with Crippen LogP contribution < -0.4 is 0 Å². The van der Waals surface area contributed by atoms with E-state index in [0.29, 0.717) is 11.4 Å². The molecule has 0 amide bonds. The van der Waals surface area contributed by atoms with Crippen molar-refractivity contribution < 1.29 is 4.39 Å². The molecule has 98 valence electrons. The molecule has 2 heterocycles. The molecule has 3 rings (SSSR count). The van der Waals surface area contributed by atoms with Gasteiger partial charge in [-0.2, -0.15) is 5.26 Å². The molecular formula is C13H8FN5S. The Hall–Kier alpha value is -2.46. The molecule has 0 saturated heterocycles. The van der Waals surface area contributed by atoms with Gasteiger partial charge in [-0.25, -0.2) is 19.3 Å². The van der Waals surface area contributed by atoms with Crippen LogP contribution in [0.15, 0.2) is 35.9 Å². The van der Waals surface area contributed by atoms with Crippen molar-refractivity contribution in [1.82, 2.24) is 19.9 Å². The number of hydrogen-bond acceptors (Lipinski definition) is 5. The Bertz CT molecular complexity index is 808. The van der Waals surface area contributed by atoms with Crippen LogP contribution in [-0.2, 0) is 5.75 Å². The van der Waals surface area contributed by atoms with Crippen LogP contribution in [0.3, 0.4) is 0 Å². The number of aromatic amines is 1. The standard InChI is InChI=1S/C13H8FN5S/c14-10-2-1-8(3-9(10)4-15)5-20-13-11-12(17-6-16-11)18-7-19-13/h1-3,6-7H,5H2,(H,16,17,18,19). The molecule has 0 aliphatic carbocycles. The maximum Gasteiger partial charge on any atom is 0.181 e. The molecule has 7 heteroatoms. The third kappa shape index (κ3) is 2.33. The van der Waals surface area contributed by atoms with Gasteiger partial charge in [0.2, 0.25) is 0 Å². The summed E-state index contributed by atoms with van der Waals surface area (Å²) in [4.78, 5) is 15.3. The van der Waals surface area contributed by atoms with E-state index in [1.54, 1.807) is 18.5 Å². The Morgan fingerprint density at radius 1 is 1.30 bits per heavy atom. The zero-order valence-corrected chi connectivity index (χ0v) is 11.0. The summed E-state index contributed by atoms with van der Waals surface area (Å²) in [5.74, 6) is 0.0827. The van der Waals surface area contributed by atoms with Crippen LogP contribution in [0.1, 0.15) is 11.1 Å². The number of halogens is 1. The smallest absolute Gasteiger partial charge is 0.181 e. The molecule has 0 atom stereocenters. The van der Waals surface area contributed by atoms with Crippen molar-refractivity contribution in [2.45, 2.75) is 10.8 Å². The van der Waals surface area contributed by atoms with Crippen molar-refractivity contribution in [2.24, 2.45) is 0 Å². The van der Waals surface area contributed by atoms with Crippen molar-refractivity contribution in [3.8, 4) is 6.07 Å². The first kappa shape index (κ1) is 12.6. The number of fused-ring (bicyclic) bond motifs is 1. The predicted molar refractivity (Wildman–Crippen MR) is 72.4 cm³/mol. The molecule has 1 aromatic carbocycles. The zero-order chi connectivity index (χ0) is 13.9. The third-order valence-corrected chi connectivity index (χ3v) is 3.78. The fraction of sp³-hybridized carbons (Fsp3) is 0.0769. The largest absolute Gasteiger partial charge is 0.341 e. The van der Waals surface area contributed by atoms with E-state index < -0.39 is 5.82 Å². The van der Waals surface area contributed by atoms with E-state index in [9.17, 15) is 4.39 Å². The van der Waals surface area contributed by atoms with Gasteiger partial charge in [-0.3, -0.25) is 0 Å². The summed E-state index contributed by atoms with van der Waals surface area (Å²) >= 11 is 1.48. The van der Waals surface area contributed by atoms with Gasteiger partial charge in [-0.1, -0.05) is 17.8 Å². The Morgan fingerprint density at radius 3 is 3.05 bits per heavy atom. The average molecular weight is 285 g/mol. The van der Waals surface area contributed by atoms with Crippen LogP contribution in [0.25, 0.3) is 11.2 Å². The average Bonchev–Trinajstić information content (AvgIpc) is 2.95. The SMILES string of the molecule is N#Cc1cc(CSc2ncnc3nc[nH]c23)ccc1F. The minimum atomic E-state index is -0.501. The van der Waals surface area contributed by atoms with Crippen molar-refractivity contribution in [2.75, 3.05) is 0 Å². The Balaban J connectivity index is 1.83. The molecule has 0 aliphatic heterocycles. The number of nitriles is 1. The van der Waals surface area contributed by atoms with Gasteiger partial charge in [0.1, 0.15) is 28.8 Å². The van der Waals surface area contributed by atoms with Crippen molar-refractivity contribution >= 4 is 22.9 Å². The number of nitrogens with zero attached hydrogens (tertiary/aromatic N) is 4. The van der Waals surface area contributed by atoms with Crippen molar-refractivity contribution in [3.63, 3.8) is 0 Å². The second-order valence-electron chi connectivity index (χ2n) is 3.99. The van der Waals surface area contributed by atoms with Crippen LogP contribution in [0, 0.1) is 17.1 Å². The van der Waals surface area contributed by atoms with Gasteiger partial charge in [-0.05, 0) is 17.7 Å². The van der Waals surface area contributed by atoms with E-state index in [1.807, 2.05) is 6.07 Å². The lowest BCUT2D eigenvalue weighted by molar-refractivity contribution is 0.623. The number of imidazole rings is 1. The Kier molecular flexibility index (Phi) is 3.31. The predicted octanol–water partition coefficient (Wildman–Crippen LogP) is 2.66. The zero-order valence-electron chi connectivity index (χ0n) is 10.2. The van der Waals surface area contributed by atoms with Gasteiger partial charge >= 0.3 is 0 Å². The lowest BCUT2D eigenvalue weighted by atomic mass is 10.1. The second-order valence-corrected chi connectivity index (χ2v) is 4.96. The van der Waals surface area contributed by atoms with Gasteiger partial charge < -0.3 is 4.98 Å². The quantitative estimate of drug-likeness (QED) is 0.591. The number of thioether (sulfide) groups is 1. The van der Waals surface area contributed by atoms with E-state index in [0.717, 1.165) is 16.1 Å². The van der Waals surface area contributed by atoms with Gasteiger partial charge in [0.25, 0.3) is 0 Å². The second kappa shape index (κ2) is 5.27. The minimum Gasteiger partial charge on any atom is -0.341 e. The summed E-state index contributed by atoms with van der Waals surface area (Å²) in [6.07, 6.45) is 3.02. The van der Waals surface area contributed by atoms with Crippen molar-refractivity contribution in [1.29, 1.82) is 5.26 Å². The third-order valence-electron chi connectivity index (χ3n) is 2.71. The molecule has 5 nitrogen and oxygen atoms in total. The molecule has 0 unspecified atom stereocenters. The summed E-state index contributed by atoms with van der Waals surface area (Å²) in [5, 5.41) is 9.58. The highest BCUT2D eigenvalue weighted by Crippen LogP contribution is 2.26. The fourth-order valence-corrected chi connectivity index (χ4v) is 2.65. The van der Waals surface area contributed by atoms with Crippen LogP contribution in [0.4, 0.5) is 4.39 Å². The maximum atomic E-state index is 13.2. The summed E-state index contributed by atoms with van der Waals surface area (Å²) in [7, 11) is 0. The van der Waals surface area contributed by atoms with E-state index >= 15 is 0 Å². The fourth-order valence-electron chi connectivity index (χ4n) is 1.75. The minimum absolute atomic E-state index is 0.0532. The first-order chi connectivity index (χ1) is 9.78. The molecule has 0 bridgehead atoms. The van der Waals surface area contributed by atoms with Crippen LogP contribution in [0.2, 0.25) is 0 Å². The molecule has 0 radical (unpaired) electrons. The number of aromatic nitrogens is 4. The molecule has 0 saturated carbocycles. The summed E-state index contributed by atoms with van der Waals surface area (Å²) in [6.45, 7) is 0. The number of benzene rings is 1. The molecule has 1 N–H and O–H groups in total. The van der Waals surface area contributed by atoms with Crippen LogP contribution in [0.5, 0.6) is 0 Å². The van der Waals surface area contributed by atoms with Crippen LogP contribution >= 0.6 is 11.8 Å². The lowest BCUT2D eigenvalue weighted by Gasteiger charge is -2.03. The molecule has 20 heavy (non-hydrogen) atoms. The van der Waals surface area contributed by atoms with Gasteiger partial charge in [0.05, 0.1) is 11.9 Å². The monoisotopic (exact) mass is 285 g/mol. The van der Waals surface area contributed by atoms with E-state index in [1.165, 1.54) is 24.2 Å². The summed E-state index contributed by atoms with van der Waals surface area (Å²) < 4.78 is 13.2. The Morgan fingerprint density at radius 2 is 2.20 bits per heavy atom. The van der Waals surface area contributed by atoms with Crippen molar-refractivity contribution in [3.05, 3.63) is 47.8 Å². The summed E-state index contributed by atoms with van der Waals surface area (Å²) in [5.41, 5.74) is 2.30. The topological polar surface area (TPSA) is 78.2 Å². The molecule has 0 fully saturated rings. The van der Waals surface area contributed by atoms with Gasteiger partial charge in [0.15, 0.2) is 5.65 Å². The van der Waals surface area contributed by atoms with Gasteiger partial charge in [-0.15, -0.1) is 0 Å². The maximum absolute atomic E-state index is 13.2. The highest BCUT2D eigenvalue weighted by molar-refractivity contribution is 7.98. The van der Waals surface area contributed by atoms with E-state index in [2.05, 4.69) is 19.9 Å². The first-order valence-electron chi connectivity index (χ1n) is 5.73. The highest BCUT2D eigenvalue weighted by Gasteiger charge is 2.08. The molecule has 0 aliphatic rings. The molecular weight excluding hydrogens is 277 g/mol. The lowest BCUT2D eigenvalue weighted by Crippen LogP contribution is -1.90. The van der Waals surface area contributed by atoms with E-state index in [4.69, 9.17) is 5.26 Å². The van der Waals surface area contributed by atoms with E-state index in [-0.39, 0.29) is 5.56 Å². The normalized spacial score (nSPS) is 10.6. The molecule has 3 aromatic rings. The summed E-state index contributed by atoms with van der Waals surface area (Å²) in [6, 6.07) is 6.35. The molecule has 2 aromatic heterocycles. The molecule has 0 spiro atoms. The van der Waals surface area contributed by atoms with Gasteiger partial charge in [0, 0.05) is 5.75 Å². The first-order valence-corrected chi connectivity index (χ1v) is 6.72. The number of H-pyrrole nitrogens is 1. The highest BCUT2D eigenvalue weighted by atomic mass is 32.2. The number of hydrogen-bond donors (Lipinski definition) is 1.